The Labute approximate surface area is 308 Å². The summed E-state index contributed by atoms with van der Waals surface area (Å²) < 4.78 is 8.75. The van der Waals surface area contributed by atoms with E-state index in [4.69, 9.17) is 14.4 Å². The maximum atomic E-state index is 6.57. The van der Waals surface area contributed by atoms with Crippen LogP contribution >= 0.6 is 0 Å². The Morgan fingerprint density at radius 3 is 2.18 bits per heavy atom. The van der Waals surface area contributed by atoms with E-state index in [1.165, 1.54) is 0 Å². The van der Waals surface area contributed by atoms with Crippen LogP contribution in [0.2, 0.25) is 0 Å². The predicted molar refractivity (Wildman–Crippen MR) is 202 cm³/mol. The van der Waals surface area contributed by atoms with Gasteiger partial charge in [-0.05, 0) is 41.1 Å². The minimum absolute atomic E-state index is 0. The molecule has 10 rings (SSSR count). The van der Waals surface area contributed by atoms with Crippen LogP contribution in [0, 0.1) is 12.1 Å². The Balaban J connectivity index is 0.000000245. The molecule has 51 heavy (non-hydrogen) atoms. The summed E-state index contributed by atoms with van der Waals surface area (Å²) in [4.78, 5) is 14.0. The van der Waals surface area contributed by atoms with Gasteiger partial charge in [-0.25, -0.2) is 4.98 Å². The number of hydrogen-bond acceptors (Lipinski definition) is 4. The van der Waals surface area contributed by atoms with Crippen LogP contribution < -0.4 is 0 Å². The predicted octanol–water partition coefficient (Wildman–Crippen LogP) is 11.2. The fraction of sp³-hybridized carbons (Fsp3) is 0. The molecule has 0 spiro atoms. The van der Waals surface area contributed by atoms with Crippen molar-refractivity contribution in [3.05, 3.63) is 182 Å². The van der Waals surface area contributed by atoms with Crippen LogP contribution in [0.25, 0.3) is 83.3 Å². The molecule has 0 fully saturated rings. The molecule has 1 radical (unpaired) electrons. The van der Waals surface area contributed by atoms with Gasteiger partial charge in [-0.2, -0.15) is 0 Å². The second-order valence-corrected chi connectivity index (χ2v) is 11.9. The number of rotatable bonds is 4. The molecule has 0 unspecified atom stereocenters. The average Bonchev–Trinajstić information content (AvgIpc) is 3.78. The summed E-state index contributed by atoms with van der Waals surface area (Å²) in [5.74, 6) is 0.753. The van der Waals surface area contributed by atoms with E-state index in [9.17, 15) is 0 Å². The van der Waals surface area contributed by atoms with Crippen LogP contribution in [0.1, 0.15) is 0 Å². The van der Waals surface area contributed by atoms with Gasteiger partial charge in [0.05, 0.1) is 16.9 Å². The summed E-state index contributed by atoms with van der Waals surface area (Å²) in [6, 6.07) is 59.7. The van der Waals surface area contributed by atoms with Gasteiger partial charge in [-0.1, -0.05) is 108 Å². The molecule has 0 saturated heterocycles. The largest absolute Gasteiger partial charge is 0.501 e. The Kier molecular flexibility index (Phi) is 8.77. The molecule has 4 heterocycles. The van der Waals surface area contributed by atoms with E-state index in [1.54, 1.807) is 6.20 Å². The van der Waals surface area contributed by atoms with Crippen LogP contribution in [0.3, 0.4) is 0 Å². The molecular weight excluding hydrogens is 805 g/mol. The summed E-state index contributed by atoms with van der Waals surface area (Å²) in [6.45, 7) is 0. The molecule has 0 saturated carbocycles. The second kappa shape index (κ2) is 14.0. The molecule has 5 nitrogen and oxygen atoms in total. The monoisotopic (exact) mass is 833 g/mol. The first-order valence-electron chi connectivity index (χ1n) is 16.4. The topological polar surface area (TPSA) is 56.7 Å². The van der Waals surface area contributed by atoms with Crippen molar-refractivity contribution < 1.29 is 24.5 Å². The summed E-state index contributed by atoms with van der Waals surface area (Å²) in [6.07, 6.45) is 3.68. The van der Waals surface area contributed by atoms with E-state index < -0.39 is 0 Å². The van der Waals surface area contributed by atoms with Crippen molar-refractivity contribution in [1.29, 1.82) is 0 Å². The molecule has 6 heteroatoms. The van der Waals surface area contributed by atoms with Crippen molar-refractivity contribution in [3.63, 3.8) is 0 Å². The van der Waals surface area contributed by atoms with Crippen molar-refractivity contribution in [2.45, 2.75) is 0 Å². The smallest absolute Gasteiger partial charge is 0.169 e. The Morgan fingerprint density at radius 2 is 1.37 bits per heavy atom. The third-order valence-electron chi connectivity index (χ3n) is 8.83. The number of furan rings is 1. The van der Waals surface area contributed by atoms with E-state index >= 15 is 0 Å². The number of fused-ring (bicyclic) bond motifs is 6. The average molecular weight is 833 g/mol. The first kappa shape index (κ1) is 32.0. The molecule has 0 amide bonds. The maximum Gasteiger partial charge on any atom is 0.169 e. The molecule has 4 aromatic heterocycles. The fourth-order valence-corrected chi connectivity index (χ4v) is 6.48. The minimum atomic E-state index is 0. The zero-order valence-electron chi connectivity index (χ0n) is 27.2. The summed E-state index contributed by atoms with van der Waals surface area (Å²) >= 11 is 0. The van der Waals surface area contributed by atoms with Gasteiger partial charge in [0.1, 0.15) is 5.58 Å². The number of imidazole rings is 1. The molecule has 0 aliphatic carbocycles. The number of para-hydroxylation sites is 1. The molecule has 245 valence electrons. The SMILES string of the molecule is [Ir].[c-]1ccc2c(oc3cc(-c4ccccc4)ccc32)c1-c1nc2ncc3ccccc3c2n1-c1ccccc1.[c-]1ccccc1-c1ccccn1. The van der Waals surface area contributed by atoms with Crippen molar-refractivity contribution in [1.82, 2.24) is 19.5 Å². The van der Waals surface area contributed by atoms with Crippen molar-refractivity contribution >= 4 is 43.9 Å². The van der Waals surface area contributed by atoms with Gasteiger partial charge in [-0.15, -0.1) is 54.1 Å². The first-order chi connectivity index (χ1) is 24.8. The standard InChI is InChI=1S/C34H20N3O.C11H8N.Ir/c1-3-10-22(11-4-1)23-18-19-27-28-16-9-17-29(32(28)38-30(27)20-23)34-36-33-31(37(34)25-13-5-2-6-14-25)26-15-8-7-12-24(26)21-35-33;1-2-6-10(7-3-1)11-8-4-5-9-12-11;/h1-16,18-21H;1-6,8-9H;/q2*-1;. The van der Waals surface area contributed by atoms with Crippen LogP contribution in [0.15, 0.2) is 175 Å². The summed E-state index contributed by atoms with van der Waals surface area (Å²) in [7, 11) is 0. The molecule has 10 aromatic rings. The first-order valence-corrected chi connectivity index (χ1v) is 16.4. The number of nitrogens with zero attached hydrogens (tertiary/aromatic N) is 4. The zero-order valence-corrected chi connectivity index (χ0v) is 29.6. The number of hydrogen-bond donors (Lipinski definition) is 0. The normalized spacial score (nSPS) is 11.0. The van der Waals surface area contributed by atoms with Gasteiger partial charge < -0.3 is 14.0 Å². The number of benzene rings is 6. The van der Waals surface area contributed by atoms with Crippen molar-refractivity contribution in [2.24, 2.45) is 0 Å². The molecule has 0 aliphatic heterocycles. The molecule has 0 atom stereocenters. The van der Waals surface area contributed by atoms with Crippen LogP contribution in [-0.4, -0.2) is 19.5 Å². The van der Waals surface area contributed by atoms with E-state index in [0.717, 1.165) is 77.7 Å². The quantitative estimate of drug-likeness (QED) is 0.166. The van der Waals surface area contributed by atoms with Gasteiger partial charge in [0.15, 0.2) is 5.65 Å². The molecular formula is C45H28IrN4O-2. The Morgan fingerprint density at radius 1 is 0.588 bits per heavy atom. The third-order valence-corrected chi connectivity index (χ3v) is 8.83. The van der Waals surface area contributed by atoms with E-state index in [1.807, 2.05) is 85.1 Å². The number of pyridine rings is 2. The summed E-state index contributed by atoms with van der Waals surface area (Å²) in [5.41, 5.74) is 9.38. The van der Waals surface area contributed by atoms with Gasteiger partial charge in [0.25, 0.3) is 0 Å². The van der Waals surface area contributed by atoms with E-state index in [0.29, 0.717) is 5.65 Å². The molecule has 0 N–H and O–H groups in total. The summed E-state index contributed by atoms with van der Waals surface area (Å²) in [5, 5.41) is 4.28. The minimum Gasteiger partial charge on any atom is -0.501 e. The van der Waals surface area contributed by atoms with Crippen molar-refractivity contribution in [3.8, 4) is 39.5 Å². The molecule has 0 aliphatic rings. The second-order valence-electron chi connectivity index (χ2n) is 11.9. The third kappa shape index (κ3) is 6.01. The van der Waals surface area contributed by atoms with Gasteiger partial charge in [0.2, 0.25) is 0 Å². The van der Waals surface area contributed by atoms with Gasteiger partial charge in [-0.3, -0.25) is 4.98 Å². The molecule has 0 bridgehead atoms. The molecule has 6 aromatic carbocycles. The Hall–Kier alpha value is -6.20. The van der Waals surface area contributed by atoms with Crippen LogP contribution in [0.4, 0.5) is 0 Å². The van der Waals surface area contributed by atoms with E-state index in [2.05, 4.69) is 101 Å². The zero-order chi connectivity index (χ0) is 33.3. The van der Waals surface area contributed by atoms with Gasteiger partial charge >= 0.3 is 0 Å². The van der Waals surface area contributed by atoms with Gasteiger partial charge in [0, 0.05) is 54.3 Å². The Bertz CT molecular complexity index is 2710. The van der Waals surface area contributed by atoms with E-state index in [-0.39, 0.29) is 20.1 Å². The van der Waals surface area contributed by atoms with Crippen LogP contribution in [-0.2, 0) is 20.1 Å². The van der Waals surface area contributed by atoms with Crippen LogP contribution in [0.5, 0.6) is 0 Å². The van der Waals surface area contributed by atoms with Crippen molar-refractivity contribution in [2.75, 3.05) is 0 Å². The number of aromatic nitrogens is 4. The fourth-order valence-electron chi connectivity index (χ4n) is 6.48. The maximum absolute atomic E-state index is 6.57.